The van der Waals surface area contributed by atoms with Crippen molar-refractivity contribution in [1.82, 2.24) is 9.88 Å². The van der Waals surface area contributed by atoms with Crippen LogP contribution in [0.15, 0.2) is 48.4 Å². The van der Waals surface area contributed by atoms with Crippen molar-refractivity contribution in [2.24, 2.45) is 0 Å². The third-order valence-electron chi connectivity index (χ3n) is 4.32. The molecule has 4 nitrogen and oxygen atoms in total. The molecule has 1 aliphatic rings. The van der Waals surface area contributed by atoms with Crippen molar-refractivity contribution < 1.29 is 19.5 Å². The van der Waals surface area contributed by atoms with E-state index in [0.717, 1.165) is 25.9 Å². The summed E-state index contributed by atoms with van der Waals surface area (Å²) in [5, 5.41) is 8.98. The van der Waals surface area contributed by atoms with Crippen LogP contribution in [-0.2, 0) is 11.2 Å². The SMILES string of the molecule is [2H]c1c([2H])c(C([2H])([2H])[2H])c([2H])c([2H])c1/C(=C/CN1CCCC1)c1cccc(CCC(=O)O)n1. The topological polar surface area (TPSA) is 53.4 Å². The summed E-state index contributed by atoms with van der Waals surface area (Å²) in [4.78, 5) is 17.7. The molecule has 1 aromatic carbocycles. The van der Waals surface area contributed by atoms with Crippen LogP contribution in [0.1, 0.15) is 51.4 Å². The maximum Gasteiger partial charge on any atom is 0.303 e. The lowest BCUT2D eigenvalue weighted by Gasteiger charge is -2.14. The minimum absolute atomic E-state index is 0.0138. The number of rotatable bonds is 7. The summed E-state index contributed by atoms with van der Waals surface area (Å²) >= 11 is 0. The number of aromatic nitrogens is 1. The van der Waals surface area contributed by atoms with Crippen LogP contribution >= 0.6 is 0 Å². The van der Waals surface area contributed by atoms with E-state index in [2.05, 4.69) is 9.88 Å². The highest BCUT2D eigenvalue weighted by Crippen LogP contribution is 2.23. The number of carboxylic acid groups (broad SMARTS) is 1. The fraction of sp³-hybridized carbons (Fsp3) is 0.364. The van der Waals surface area contributed by atoms with Crippen molar-refractivity contribution in [3.63, 3.8) is 0 Å². The van der Waals surface area contributed by atoms with E-state index in [-0.39, 0.29) is 18.4 Å². The predicted molar refractivity (Wildman–Crippen MR) is 104 cm³/mol. The highest BCUT2D eigenvalue weighted by Gasteiger charge is 2.12. The van der Waals surface area contributed by atoms with Crippen LogP contribution in [0.2, 0.25) is 0 Å². The Hall–Kier alpha value is -2.46. The van der Waals surface area contributed by atoms with Gasteiger partial charge in [-0.15, -0.1) is 0 Å². The van der Waals surface area contributed by atoms with Gasteiger partial charge in [0.25, 0.3) is 0 Å². The number of aryl methyl sites for hydroxylation is 1. The van der Waals surface area contributed by atoms with Gasteiger partial charge in [0, 0.05) is 28.3 Å². The number of carboxylic acids is 1. The first kappa shape index (κ1) is 11.3. The van der Waals surface area contributed by atoms with Crippen molar-refractivity contribution in [3.8, 4) is 0 Å². The van der Waals surface area contributed by atoms with E-state index in [0.29, 0.717) is 23.5 Å². The molecule has 0 amide bonds. The second-order valence-corrected chi connectivity index (χ2v) is 6.28. The lowest BCUT2D eigenvalue weighted by atomic mass is 10.00. The van der Waals surface area contributed by atoms with Crippen molar-refractivity contribution in [2.75, 3.05) is 19.6 Å². The zero-order valence-electron chi connectivity index (χ0n) is 21.5. The standard InChI is InChI=1S/C22H26N2O2/c1-17-7-9-18(10-8-17)20(13-16-24-14-2-3-15-24)21-6-4-5-19(23-21)11-12-22(25)26/h4-10,13H,2-3,11-12,14-16H2,1H3,(H,25,26)/b20-13-/i1D3,7D,8D,9D,10D. The van der Waals surface area contributed by atoms with Gasteiger partial charge in [-0.25, -0.2) is 0 Å². The molecule has 1 fully saturated rings. The van der Waals surface area contributed by atoms with E-state index in [1.54, 1.807) is 24.3 Å². The van der Waals surface area contributed by atoms with Crippen LogP contribution in [-0.4, -0.2) is 40.6 Å². The minimum Gasteiger partial charge on any atom is -0.481 e. The van der Waals surface area contributed by atoms with Gasteiger partial charge in [0.1, 0.15) is 0 Å². The van der Waals surface area contributed by atoms with Gasteiger partial charge in [-0.2, -0.15) is 0 Å². The summed E-state index contributed by atoms with van der Waals surface area (Å²) in [6.45, 7) is -0.463. The second kappa shape index (κ2) is 8.77. The number of hydrogen-bond donors (Lipinski definition) is 1. The van der Waals surface area contributed by atoms with E-state index in [9.17, 15) is 4.79 Å². The molecule has 0 radical (unpaired) electrons. The highest BCUT2D eigenvalue weighted by atomic mass is 16.4. The van der Waals surface area contributed by atoms with Crippen LogP contribution in [0, 0.1) is 6.85 Å². The first-order valence-corrected chi connectivity index (χ1v) is 8.72. The molecule has 4 heteroatoms. The summed E-state index contributed by atoms with van der Waals surface area (Å²) in [6.07, 6.45) is 4.04. The maximum absolute atomic E-state index is 11.0. The number of nitrogens with zero attached hydrogens (tertiary/aromatic N) is 2. The van der Waals surface area contributed by atoms with Crippen LogP contribution in [0.4, 0.5) is 0 Å². The van der Waals surface area contributed by atoms with E-state index in [4.69, 9.17) is 14.7 Å². The molecular formula is C22H26N2O2. The van der Waals surface area contributed by atoms with Gasteiger partial charge in [0.15, 0.2) is 0 Å². The number of likely N-dealkylation sites (tertiary alicyclic amines) is 1. The molecule has 0 spiro atoms. The van der Waals surface area contributed by atoms with E-state index < -0.39 is 42.6 Å². The molecule has 0 saturated carbocycles. The molecular weight excluding hydrogens is 324 g/mol. The van der Waals surface area contributed by atoms with Crippen LogP contribution in [0.3, 0.4) is 0 Å². The van der Waals surface area contributed by atoms with Crippen molar-refractivity contribution >= 4 is 11.5 Å². The van der Waals surface area contributed by atoms with Crippen LogP contribution < -0.4 is 0 Å². The zero-order chi connectivity index (χ0) is 24.3. The molecule has 1 N–H and O–H groups in total. The van der Waals surface area contributed by atoms with Gasteiger partial charge in [0.2, 0.25) is 0 Å². The molecule has 0 unspecified atom stereocenters. The number of benzene rings is 1. The molecule has 0 atom stereocenters. The molecule has 2 aromatic rings. The molecule has 0 bridgehead atoms. The molecule has 2 heterocycles. The molecule has 1 aliphatic heterocycles. The van der Waals surface area contributed by atoms with Gasteiger partial charge in [-0.1, -0.05) is 41.9 Å². The Balaban J connectivity index is 2.16. The Labute approximate surface area is 165 Å². The van der Waals surface area contributed by atoms with Gasteiger partial charge in [-0.05, 0) is 50.5 Å². The lowest BCUT2D eigenvalue weighted by molar-refractivity contribution is -0.136. The highest BCUT2D eigenvalue weighted by molar-refractivity contribution is 5.78. The van der Waals surface area contributed by atoms with Crippen molar-refractivity contribution in [2.45, 2.75) is 32.5 Å². The third kappa shape index (κ3) is 5.02. The summed E-state index contributed by atoms with van der Waals surface area (Å²) in [7, 11) is 0. The number of pyridine rings is 1. The Morgan fingerprint density at radius 1 is 1.31 bits per heavy atom. The summed E-state index contributed by atoms with van der Waals surface area (Å²) in [5.41, 5.74) is 0.660. The largest absolute Gasteiger partial charge is 0.481 e. The second-order valence-electron chi connectivity index (χ2n) is 6.28. The normalized spacial score (nSPS) is 19.7. The molecule has 0 aliphatic carbocycles. The summed E-state index contributed by atoms with van der Waals surface area (Å²) < 4.78 is 56.5. The number of aliphatic carboxylic acids is 1. The van der Waals surface area contributed by atoms with Gasteiger partial charge >= 0.3 is 5.97 Å². The zero-order valence-corrected chi connectivity index (χ0v) is 14.5. The third-order valence-corrected chi connectivity index (χ3v) is 4.32. The Bertz CT molecular complexity index is 1050. The Morgan fingerprint density at radius 3 is 2.77 bits per heavy atom. The molecule has 1 saturated heterocycles. The molecule has 26 heavy (non-hydrogen) atoms. The van der Waals surface area contributed by atoms with Crippen molar-refractivity contribution in [1.29, 1.82) is 0 Å². The first-order chi connectivity index (χ1) is 15.5. The molecule has 136 valence electrons. The molecule has 1 aromatic heterocycles. The average molecular weight is 358 g/mol. The van der Waals surface area contributed by atoms with E-state index in [1.165, 1.54) is 0 Å². The summed E-state index contributed by atoms with van der Waals surface area (Å²) in [6, 6.07) is 3.00. The first-order valence-electron chi connectivity index (χ1n) is 12.2. The minimum atomic E-state index is -2.78. The van der Waals surface area contributed by atoms with Gasteiger partial charge in [0.05, 0.1) is 17.6 Å². The van der Waals surface area contributed by atoms with Crippen LogP contribution in [0.25, 0.3) is 5.57 Å². The van der Waals surface area contributed by atoms with Crippen molar-refractivity contribution in [3.05, 3.63) is 71.0 Å². The van der Waals surface area contributed by atoms with E-state index in [1.807, 2.05) is 0 Å². The Kier molecular flexibility index (Phi) is 3.81. The number of hydrogen-bond acceptors (Lipinski definition) is 3. The Morgan fingerprint density at radius 2 is 2.08 bits per heavy atom. The fourth-order valence-corrected chi connectivity index (χ4v) is 2.97. The predicted octanol–water partition coefficient (Wildman–Crippen LogP) is 3.93. The smallest absolute Gasteiger partial charge is 0.303 e. The molecule has 3 rings (SSSR count). The quantitative estimate of drug-likeness (QED) is 0.816. The lowest BCUT2D eigenvalue weighted by Crippen LogP contribution is -2.19. The number of carbonyl (C=O) groups is 1. The van der Waals surface area contributed by atoms with E-state index >= 15 is 0 Å². The van der Waals surface area contributed by atoms with Crippen LogP contribution in [0.5, 0.6) is 0 Å². The van der Waals surface area contributed by atoms with Gasteiger partial charge < -0.3 is 5.11 Å². The monoisotopic (exact) mass is 357 g/mol. The summed E-state index contributed by atoms with van der Waals surface area (Å²) in [5.74, 6) is -0.952. The van der Waals surface area contributed by atoms with Gasteiger partial charge in [-0.3, -0.25) is 14.7 Å². The fourth-order valence-electron chi connectivity index (χ4n) is 2.97. The maximum atomic E-state index is 11.0. The average Bonchev–Trinajstić information content (AvgIpc) is 3.26.